The van der Waals surface area contributed by atoms with Crippen LogP contribution in [0.3, 0.4) is 0 Å². The van der Waals surface area contributed by atoms with Gasteiger partial charge in [-0.15, -0.1) is 15.0 Å². The summed E-state index contributed by atoms with van der Waals surface area (Å²) in [7, 11) is -3.09. The molecule has 0 saturated heterocycles. The lowest BCUT2D eigenvalue weighted by Crippen LogP contribution is -1.89. The average Bonchev–Trinajstić information content (AvgIpc) is 1.27. The maximum atomic E-state index is 9.29. The second kappa shape index (κ2) is 4.38. The molecule has 7 nitrogen and oxygen atoms in total. The highest BCUT2D eigenvalue weighted by molar-refractivity contribution is 7.31. The number of hydrogen-bond acceptors (Lipinski definition) is 5. The zero-order chi connectivity index (χ0) is 5.86. The zero-order valence-electron chi connectivity index (χ0n) is 3.68. The van der Waals surface area contributed by atoms with E-state index >= 15 is 0 Å². The molecule has 0 aromatic heterocycles. The Kier molecular flexibility index (Phi) is 5.61. The molecule has 0 aliphatic rings. The molecule has 8 heteroatoms. The highest BCUT2D eigenvalue weighted by Gasteiger charge is 2.16. The Morgan fingerprint density at radius 2 is 2.12 bits per heavy atom. The summed E-state index contributed by atoms with van der Waals surface area (Å²) < 4.78 is 12.3. The first-order chi connectivity index (χ1) is 3.13. The quantitative estimate of drug-likeness (QED) is 0.318. The third-order valence-electron chi connectivity index (χ3n) is 0.137. The Morgan fingerprint density at radius 1 is 1.75 bits per heavy atom. The van der Waals surface area contributed by atoms with E-state index in [-0.39, 0.29) is 6.15 Å². The molecule has 0 aromatic rings. The summed E-state index contributed by atoms with van der Waals surface area (Å²) >= 11 is 0. The third-order valence-corrected chi connectivity index (χ3v) is 0.410. The molecule has 0 amide bonds. The number of nitrogens with zero attached hydrogens (tertiary/aromatic N) is 1. The first kappa shape index (κ1) is 10.3. The van der Waals surface area contributed by atoms with Gasteiger partial charge in [-0.25, -0.2) is 0 Å². The van der Waals surface area contributed by atoms with Crippen LogP contribution in [0.25, 0.3) is 0 Å². The van der Waals surface area contributed by atoms with E-state index in [1.54, 1.807) is 0 Å². The van der Waals surface area contributed by atoms with Crippen LogP contribution in [-0.4, -0.2) is 9.98 Å². The minimum atomic E-state index is -3.09. The molecule has 0 rings (SSSR count). The first-order valence-electron chi connectivity index (χ1n) is 1.11. The molecule has 0 radical (unpaired) electrons. The molecule has 0 aliphatic carbocycles. The molecule has 0 spiro atoms. The van der Waals surface area contributed by atoms with Crippen molar-refractivity contribution in [3.8, 4) is 0 Å². The van der Waals surface area contributed by atoms with Crippen LogP contribution in [0.4, 0.5) is 0 Å². The zero-order valence-corrected chi connectivity index (χ0v) is 4.58. The molecule has 0 aromatic carbocycles. The molecule has 0 saturated carbocycles. The fourth-order valence-corrected chi connectivity index (χ4v) is 0.171. The van der Waals surface area contributed by atoms with Gasteiger partial charge in [0.05, 0.1) is 0 Å². The van der Waals surface area contributed by atoms with Gasteiger partial charge in [0.25, 0.3) is 0 Å². The number of hydrogen-bond donors (Lipinski definition) is 2. The smallest absolute Gasteiger partial charge is 0.344 e. The van der Waals surface area contributed by atoms with E-state index in [1.807, 2.05) is 0 Å². The van der Waals surface area contributed by atoms with E-state index in [9.17, 15) is 4.57 Å². The SMILES string of the molecule is N.O=[N+]([O-])O[P+](=O)O. The van der Waals surface area contributed by atoms with Gasteiger partial charge in [-0.3, -0.25) is 0 Å². The molecule has 48 valence electrons. The Labute approximate surface area is 44.9 Å². The van der Waals surface area contributed by atoms with Gasteiger partial charge in [0.2, 0.25) is 0 Å². The van der Waals surface area contributed by atoms with Crippen molar-refractivity contribution in [2.45, 2.75) is 0 Å². The highest BCUT2D eigenvalue weighted by atomic mass is 31.1. The van der Waals surface area contributed by atoms with Crippen molar-refractivity contribution in [1.82, 2.24) is 6.15 Å². The van der Waals surface area contributed by atoms with Crippen molar-refractivity contribution < 1.29 is 19.2 Å². The van der Waals surface area contributed by atoms with Crippen molar-refractivity contribution in [3.05, 3.63) is 10.1 Å². The van der Waals surface area contributed by atoms with Gasteiger partial charge < -0.3 is 6.15 Å². The van der Waals surface area contributed by atoms with Crippen LogP contribution in [0.5, 0.6) is 0 Å². The molecule has 0 heterocycles. The molecule has 1 unspecified atom stereocenters. The lowest BCUT2D eigenvalue weighted by atomic mass is 13.1. The van der Waals surface area contributed by atoms with Crippen LogP contribution in [0, 0.1) is 10.1 Å². The normalized spacial score (nSPS) is 8.88. The summed E-state index contributed by atoms with van der Waals surface area (Å²) in [5.74, 6) is 0. The molecule has 4 N–H and O–H groups in total. The van der Waals surface area contributed by atoms with Crippen LogP contribution in [-0.2, 0) is 9.19 Å². The van der Waals surface area contributed by atoms with Gasteiger partial charge in [-0.1, -0.05) is 0 Å². The summed E-state index contributed by atoms with van der Waals surface area (Å²) in [6.07, 6.45) is 0. The van der Waals surface area contributed by atoms with Crippen molar-refractivity contribution in [3.63, 3.8) is 0 Å². The molecular formula is H4N2O5P+. The molecular weight excluding hydrogens is 139 g/mol. The molecule has 1 atom stereocenters. The van der Waals surface area contributed by atoms with Gasteiger partial charge >= 0.3 is 13.3 Å². The molecule has 0 aliphatic heterocycles. The second-order valence-corrected chi connectivity index (χ2v) is 1.18. The largest absolute Gasteiger partial charge is 0.738 e. The van der Waals surface area contributed by atoms with E-state index in [1.165, 1.54) is 0 Å². The standard InChI is InChI=1S/NO5P.H3N/c2-1(3)6-7(4)5;/h;1H3/p+1. The maximum Gasteiger partial charge on any atom is 0.738 e. The maximum absolute atomic E-state index is 9.29. The average molecular weight is 143 g/mol. The Hall–Kier alpha value is -0.780. The second-order valence-electron chi connectivity index (χ2n) is 0.543. The topological polar surface area (TPSA) is 125 Å². The van der Waals surface area contributed by atoms with Gasteiger partial charge in [-0.2, -0.15) is 0 Å². The van der Waals surface area contributed by atoms with Crippen LogP contribution in [0.15, 0.2) is 0 Å². The van der Waals surface area contributed by atoms with Crippen LogP contribution >= 0.6 is 8.25 Å². The van der Waals surface area contributed by atoms with Crippen LogP contribution < -0.4 is 6.15 Å². The molecule has 8 heavy (non-hydrogen) atoms. The Balaban J connectivity index is 0. The summed E-state index contributed by atoms with van der Waals surface area (Å²) in [5, 5.41) is 7.71. The molecule has 0 fully saturated rings. The third kappa shape index (κ3) is 8.97. The van der Waals surface area contributed by atoms with Crippen molar-refractivity contribution in [2.24, 2.45) is 0 Å². The summed E-state index contributed by atoms with van der Waals surface area (Å²) in [4.78, 5) is 16.6. The Morgan fingerprint density at radius 3 is 2.12 bits per heavy atom. The van der Waals surface area contributed by atoms with E-state index in [4.69, 9.17) is 15.0 Å². The molecule has 0 bridgehead atoms. The van der Waals surface area contributed by atoms with Crippen molar-refractivity contribution >= 4 is 8.25 Å². The predicted octanol–water partition coefficient (Wildman–Crippen LogP) is 0.00640. The minimum absolute atomic E-state index is 0. The lowest BCUT2D eigenvalue weighted by Gasteiger charge is -1.67. The van der Waals surface area contributed by atoms with E-state index < -0.39 is 13.3 Å². The first-order valence-corrected chi connectivity index (χ1v) is 2.24. The van der Waals surface area contributed by atoms with Crippen LogP contribution in [0.2, 0.25) is 0 Å². The van der Waals surface area contributed by atoms with E-state index in [0.29, 0.717) is 0 Å². The van der Waals surface area contributed by atoms with Gasteiger partial charge in [0.15, 0.2) is 0 Å². The summed E-state index contributed by atoms with van der Waals surface area (Å²) in [6, 6.07) is 0. The Bertz CT molecular complexity index is 86.6. The summed E-state index contributed by atoms with van der Waals surface area (Å²) in [6.45, 7) is 0. The minimum Gasteiger partial charge on any atom is -0.344 e. The summed E-state index contributed by atoms with van der Waals surface area (Å²) in [5.41, 5.74) is 0. The van der Waals surface area contributed by atoms with Gasteiger partial charge in [0.1, 0.15) is 0 Å². The van der Waals surface area contributed by atoms with Crippen LogP contribution in [0.1, 0.15) is 0 Å². The fourth-order valence-electron chi connectivity index (χ4n) is 0.0570. The highest BCUT2D eigenvalue weighted by Crippen LogP contribution is 2.12. The van der Waals surface area contributed by atoms with E-state index in [0.717, 1.165) is 0 Å². The number of rotatable bonds is 2. The lowest BCUT2D eigenvalue weighted by molar-refractivity contribution is -0.713. The van der Waals surface area contributed by atoms with Crippen molar-refractivity contribution in [1.29, 1.82) is 0 Å². The van der Waals surface area contributed by atoms with Gasteiger partial charge in [0, 0.05) is 4.57 Å². The van der Waals surface area contributed by atoms with E-state index in [2.05, 4.69) is 4.62 Å². The predicted molar refractivity (Wildman–Crippen MR) is 22.9 cm³/mol. The van der Waals surface area contributed by atoms with Gasteiger partial charge in [-0.05, 0) is 4.62 Å². The fraction of sp³-hybridized carbons (Fsp3) is 0. The monoisotopic (exact) mass is 143 g/mol. The van der Waals surface area contributed by atoms with Crippen molar-refractivity contribution in [2.75, 3.05) is 0 Å².